The number of rotatable bonds is 4. The van der Waals surface area contributed by atoms with Gasteiger partial charge >= 0.3 is 0 Å². The molecule has 0 saturated carbocycles. The predicted octanol–water partition coefficient (Wildman–Crippen LogP) is 2.91. The second-order valence-electron chi connectivity index (χ2n) is 5.03. The average Bonchev–Trinajstić information content (AvgIpc) is 2.37. The third kappa shape index (κ3) is 2.62. The normalized spacial score (nSPS) is 12.9. The van der Waals surface area contributed by atoms with Crippen LogP contribution < -0.4 is 5.32 Å². The molecule has 3 heteroatoms. The molecule has 96 valence electrons. The summed E-state index contributed by atoms with van der Waals surface area (Å²) in [7, 11) is 4.20. The molecule has 0 saturated heterocycles. The first-order chi connectivity index (χ1) is 8.59. The van der Waals surface area contributed by atoms with Gasteiger partial charge in [0.15, 0.2) is 0 Å². The molecule has 1 aromatic carbocycles. The molecule has 2 aromatic rings. The number of pyridine rings is 1. The molecule has 0 radical (unpaired) electrons. The Morgan fingerprint density at radius 2 is 2.00 bits per heavy atom. The number of fused-ring (bicyclic) bond motifs is 1. The van der Waals surface area contributed by atoms with Crippen LogP contribution in [0.3, 0.4) is 0 Å². The highest BCUT2D eigenvalue weighted by atomic mass is 15.1. The van der Waals surface area contributed by atoms with Gasteiger partial charge in [-0.1, -0.05) is 18.2 Å². The summed E-state index contributed by atoms with van der Waals surface area (Å²) < 4.78 is 0. The molecule has 1 aromatic heterocycles. The molecule has 1 N–H and O–H groups in total. The predicted molar refractivity (Wildman–Crippen MR) is 78.1 cm³/mol. The van der Waals surface area contributed by atoms with Crippen molar-refractivity contribution in [3.63, 3.8) is 0 Å². The van der Waals surface area contributed by atoms with E-state index in [-0.39, 0.29) is 0 Å². The number of anilines is 1. The van der Waals surface area contributed by atoms with Crippen LogP contribution in [0.25, 0.3) is 10.9 Å². The molecule has 0 bridgehead atoms. The number of aryl methyl sites for hydroxylation is 1. The van der Waals surface area contributed by atoms with Crippen molar-refractivity contribution < 1.29 is 0 Å². The lowest BCUT2D eigenvalue weighted by atomic mass is 10.1. The first-order valence-corrected chi connectivity index (χ1v) is 6.34. The van der Waals surface area contributed by atoms with E-state index in [9.17, 15) is 0 Å². The Bertz CT molecular complexity index is 534. The molecule has 0 aliphatic heterocycles. The topological polar surface area (TPSA) is 28.2 Å². The van der Waals surface area contributed by atoms with E-state index in [1.165, 1.54) is 16.6 Å². The van der Waals surface area contributed by atoms with E-state index in [0.29, 0.717) is 6.04 Å². The van der Waals surface area contributed by atoms with E-state index < -0.39 is 0 Å². The largest absolute Gasteiger partial charge is 0.383 e. The zero-order valence-electron chi connectivity index (χ0n) is 11.6. The van der Waals surface area contributed by atoms with Crippen LogP contribution in [0.2, 0.25) is 0 Å². The van der Waals surface area contributed by atoms with Crippen LogP contribution in [0.15, 0.2) is 30.5 Å². The SMILES string of the molecule is Cc1cnc2ccccc2c1NCC(C)N(C)C. The van der Waals surface area contributed by atoms with Gasteiger partial charge in [0.25, 0.3) is 0 Å². The van der Waals surface area contributed by atoms with Crippen molar-refractivity contribution in [2.75, 3.05) is 26.0 Å². The standard InChI is InChI=1S/C15H21N3/c1-11-9-16-14-8-6-5-7-13(14)15(11)17-10-12(2)18(3)4/h5-9,12H,10H2,1-4H3,(H,16,17). The molecule has 1 atom stereocenters. The monoisotopic (exact) mass is 243 g/mol. The highest BCUT2D eigenvalue weighted by Crippen LogP contribution is 2.25. The number of nitrogens with zero attached hydrogens (tertiary/aromatic N) is 2. The molecular weight excluding hydrogens is 222 g/mol. The number of aromatic nitrogens is 1. The molecule has 1 heterocycles. The molecule has 2 rings (SSSR count). The van der Waals surface area contributed by atoms with Gasteiger partial charge in [-0.3, -0.25) is 4.98 Å². The van der Waals surface area contributed by atoms with Gasteiger partial charge in [-0.25, -0.2) is 0 Å². The molecule has 18 heavy (non-hydrogen) atoms. The Kier molecular flexibility index (Phi) is 3.82. The molecule has 0 fully saturated rings. The van der Waals surface area contributed by atoms with Gasteiger partial charge in [-0.2, -0.15) is 0 Å². The number of likely N-dealkylation sites (N-methyl/N-ethyl adjacent to an activating group) is 1. The summed E-state index contributed by atoms with van der Waals surface area (Å²) in [6, 6.07) is 8.75. The Balaban J connectivity index is 2.29. The molecule has 0 aliphatic carbocycles. The van der Waals surface area contributed by atoms with E-state index in [1.807, 2.05) is 12.3 Å². The zero-order chi connectivity index (χ0) is 13.1. The maximum absolute atomic E-state index is 4.45. The summed E-state index contributed by atoms with van der Waals surface area (Å²) in [6.07, 6.45) is 1.94. The van der Waals surface area contributed by atoms with Crippen molar-refractivity contribution in [1.29, 1.82) is 0 Å². The van der Waals surface area contributed by atoms with Gasteiger partial charge in [-0.15, -0.1) is 0 Å². The van der Waals surface area contributed by atoms with Gasteiger partial charge in [0.05, 0.1) is 5.52 Å². The third-order valence-corrected chi connectivity index (χ3v) is 3.42. The molecule has 1 unspecified atom stereocenters. The smallest absolute Gasteiger partial charge is 0.0722 e. The fourth-order valence-electron chi connectivity index (χ4n) is 1.91. The maximum atomic E-state index is 4.45. The first kappa shape index (κ1) is 12.8. The molecule has 0 aliphatic rings. The number of benzene rings is 1. The van der Waals surface area contributed by atoms with Gasteiger partial charge in [-0.05, 0) is 39.6 Å². The number of hydrogen-bond acceptors (Lipinski definition) is 3. The van der Waals surface area contributed by atoms with Gasteiger partial charge in [0, 0.05) is 29.9 Å². The van der Waals surface area contributed by atoms with Crippen molar-refractivity contribution in [3.05, 3.63) is 36.0 Å². The van der Waals surface area contributed by atoms with Gasteiger partial charge in [0.1, 0.15) is 0 Å². The van der Waals surface area contributed by atoms with E-state index in [1.54, 1.807) is 0 Å². The van der Waals surface area contributed by atoms with Crippen molar-refractivity contribution in [3.8, 4) is 0 Å². The number of para-hydroxylation sites is 1. The maximum Gasteiger partial charge on any atom is 0.0722 e. The molecular formula is C15H21N3. The Labute approximate surface area is 109 Å². The van der Waals surface area contributed by atoms with Crippen molar-refractivity contribution >= 4 is 16.6 Å². The summed E-state index contributed by atoms with van der Waals surface area (Å²) in [5.74, 6) is 0. The molecule has 3 nitrogen and oxygen atoms in total. The van der Waals surface area contributed by atoms with Crippen molar-refractivity contribution in [2.45, 2.75) is 19.9 Å². The summed E-state index contributed by atoms with van der Waals surface area (Å²) in [4.78, 5) is 6.67. The third-order valence-electron chi connectivity index (χ3n) is 3.42. The van der Waals surface area contributed by atoms with Crippen LogP contribution in [0.5, 0.6) is 0 Å². The van der Waals surface area contributed by atoms with Crippen LogP contribution in [0.1, 0.15) is 12.5 Å². The van der Waals surface area contributed by atoms with Gasteiger partial charge in [0.2, 0.25) is 0 Å². The fraction of sp³-hybridized carbons (Fsp3) is 0.400. The quantitative estimate of drug-likeness (QED) is 0.895. The lowest BCUT2D eigenvalue weighted by Gasteiger charge is -2.22. The second kappa shape index (κ2) is 5.36. The minimum atomic E-state index is 0.497. The van der Waals surface area contributed by atoms with Crippen LogP contribution in [-0.4, -0.2) is 36.6 Å². The van der Waals surface area contributed by atoms with Crippen LogP contribution >= 0.6 is 0 Å². The van der Waals surface area contributed by atoms with Gasteiger partial charge < -0.3 is 10.2 Å². The lowest BCUT2D eigenvalue weighted by molar-refractivity contribution is 0.326. The van der Waals surface area contributed by atoms with Crippen LogP contribution in [0, 0.1) is 6.92 Å². The highest BCUT2D eigenvalue weighted by molar-refractivity contribution is 5.92. The lowest BCUT2D eigenvalue weighted by Crippen LogP contribution is -2.31. The summed E-state index contributed by atoms with van der Waals surface area (Å²) in [6.45, 7) is 5.25. The zero-order valence-corrected chi connectivity index (χ0v) is 11.6. The van der Waals surface area contributed by atoms with Crippen molar-refractivity contribution in [2.24, 2.45) is 0 Å². The summed E-state index contributed by atoms with van der Waals surface area (Å²) in [5, 5.41) is 4.75. The Morgan fingerprint density at radius 3 is 2.72 bits per heavy atom. The molecule has 0 spiro atoms. The Morgan fingerprint density at radius 1 is 1.28 bits per heavy atom. The number of hydrogen-bond donors (Lipinski definition) is 1. The van der Waals surface area contributed by atoms with E-state index in [2.05, 4.69) is 61.3 Å². The minimum Gasteiger partial charge on any atom is -0.383 e. The second-order valence-corrected chi connectivity index (χ2v) is 5.03. The fourth-order valence-corrected chi connectivity index (χ4v) is 1.91. The number of nitrogens with one attached hydrogen (secondary N) is 1. The average molecular weight is 243 g/mol. The minimum absolute atomic E-state index is 0.497. The van der Waals surface area contributed by atoms with E-state index in [0.717, 1.165) is 12.1 Å². The molecule has 0 amide bonds. The summed E-state index contributed by atoms with van der Waals surface area (Å²) >= 11 is 0. The first-order valence-electron chi connectivity index (χ1n) is 6.34. The van der Waals surface area contributed by atoms with E-state index >= 15 is 0 Å². The van der Waals surface area contributed by atoms with Crippen LogP contribution in [-0.2, 0) is 0 Å². The summed E-state index contributed by atoms with van der Waals surface area (Å²) in [5.41, 5.74) is 3.44. The van der Waals surface area contributed by atoms with E-state index in [4.69, 9.17) is 0 Å². The van der Waals surface area contributed by atoms with Crippen molar-refractivity contribution in [1.82, 2.24) is 9.88 Å². The Hall–Kier alpha value is -1.61. The highest BCUT2D eigenvalue weighted by Gasteiger charge is 2.08. The van der Waals surface area contributed by atoms with Crippen LogP contribution in [0.4, 0.5) is 5.69 Å².